The van der Waals surface area contributed by atoms with Crippen LogP contribution < -0.4 is 10.6 Å². The smallest absolute Gasteiger partial charge is 0.257 e. The van der Waals surface area contributed by atoms with Crippen molar-refractivity contribution in [2.24, 2.45) is 4.99 Å². The van der Waals surface area contributed by atoms with Crippen LogP contribution in [-0.2, 0) is 11.2 Å². The van der Waals surface area contributed by atoms with Crippen LogP contribution in [0.5, 0.6) is 0 Å². The van der Waals surface area contributed by atoms with Gasteiger partial charge in [-0.15, -0.1) is 0 Å². The number of aliphatic imine (C=N–C) groups is 1. The Morgan fingerprint density at radius 1 is 1.15 bits per heavy atom. The van der Waals surface area contributed by atoms with Gasteiger partial charge in [0.1, 0.15) is 0 Å². The van der Waals surface area contributed by atoms with Crippen molar-refractivity contribution in [2.75, 3.05) is 18.5 Å². The average molecular weight is 351 g/mol. The highest BCUT2D eigenvalue weighted by molar-refractivity contribution is 6.09. The lowest BCUT2D eigenvalue weighted by atomic mass is 10.1. The third-order valence-electron chi connectivity index (χ3n) is 4.37. The maximum atomic E-state index is 12.5. The second-order valence-corrected chi connectivity index (χ2v) is 6.32. The van der Waals surface area contributed by atoms with E-state index in [4.69, 9.17) is 4.74 Å². The molecule has 1 heterocycles. The molecule has 0 bridgehead atoms. The minimum atomic E-state index is -0.186. The lowest BCUT2D eigenvalue weighted by Crippen LogP contribution is -2.36. The summed E-state index contributed by atoms with van der Waals surface area (Å²) in [6, 6.07) is 17.3. The summed E-state index contributed by atoms with van der Waals surface area (Å²) in [6.07, 6.45) is 3.19. The number of anilines is 1. The van der Waals surface area contributed by atoms with Gasteiger partial charge in [-0.1, -0.05) is 37.3 Å². The Bertz CT molecular complexity index is 736. The molecule has 2 aromatic carbocycles. The summed E-state index contributed by atoms with van der Waals surface area (Å²) in [4.78, 5) is 17.0. The third-order valence-corrected chi connectivity index (χ3v) is 4.37. The van der Waals surface area contributed by atoms with Gasteiger partial charge in [0, 0.05) is 17.9 Å². The zero-order chi connectivity index (χ0) is 18.2. The Morgan fingerprint density at radius 3 is 2.58 bits per heavy atom. The first-order valence-electron chi connectivity index (χ1n) is 9.13. The number of carbonyl (C=O) groups is 1. The number of guanidine groups is 1. The van der Waals surface area contributed by atoms with E-state index >= 15 is 0 Å². The van der Waals surface area contributed by atoms with Gasteiger partial charge in [-0.05, 0) is 49.1 Å². The Hall–Kier alpha value is -2.66. The standard InChI is InChI=1S/C21H25N3O2/c1-2-16-10-12-18(13-11-16)23-21(22-15-19-9-6-14-26-19)24-20(25)17-7-4-3-5-8-17/h3-5,7-8,10-13,19H,2,6,9,14-15H2,1H3,(H2,22,23,24,25). The highest BCUT2D eigenvalue weighted by atomic mass is 16.5. The van der Waals surface area contributed by atoms with Crippen molar-refractivity contribution < 1.29 is 9.53 Å². The minimum absolute atomic E-state index is 0.128. The molecule has 3 rings (SSSR count). The van der Waals surface area contributed by atoms with Crippen LogP contribution in [0.3, 0.4) is 0 Å². The van der Waals surface area contributed by atoms with E-state index in [1.165, 1.54) is 5.56 Å². The molecule has 26 heavy (non-hydrogen) atoms. The molecule has 1 fully saturated rings. The molecule has 136 valence electrons. The predicted octanol–water partition coefficient (Wildman–Crippen LogP) is 3.63. The van der Waals surface area contributed by atoms with E-state index < -0.39 is 0 Å². The van der Waals surface area contributed by atoms with Crippen molar-refractivity contribution in [3.8, 4) is 0 Å². The van der Waals surface area contributed by atoms with Gasteiger partial charge < -0.3 is 10.1 Å². The fourth-order valence-electron chi connectivity index (χ4n) is 2.82. The summed E-state index contributed by atoms with van der Waals surface area (Å²) >= 11 is 0. The van der Waals surface area contributed by atoms with Crippen LogP contribution >= 0.6 is 0 Å². The molecule has 1 saturated heterocycles. The number of benzene rings is 2. The summed E-state index contributed by atoms with van der Waals surface area (Å²) in [7, 11) is 0. The average Bonchev–Trinajstić information content (AvgIpc) is 3.21. The van der Waals surface area contributed by atoms with Crippen LogP contribution in [0.2, 0.25) is 0 Å². The second-order valence-electron chi connectivity index (χ2n) is 6.32. The van der Waals surface area contributed by atoms with Gasteiger partial charge in [0.25, 0.3) is 5.91 Å². The Balaban J connectivity index is 1.71. The second kappa shape index (κ2) is 9.15. The van der Waals surface area contributed by atoms with E-state index in [2.05, 4.69) is 34.7 Å². The number of amides is 1. The van der Waals surface area contributed by atoms with E-state index in [-0.39, 0.29) is 12.0 Å². The van der Waals surface area contributed by atoms with E-state index in [9.17, 15) is 4.79 Å². The molecule has 0 aromatic heterocycles. The molecule has 2 aromatic rings. The maximum absolute atomic E-state index is 12.5. The molecule has 0 radical (unpaired) electrons. The first-order chi connectivity index (χ1) is 12.7. The summed E-state index contributed by atoms with van der Waals surface area (Å²) in [5, 5.41) is 6.10. The molecule has 1 aliphatic heterocycles. The molecule has 0 spiro atoms. The molecule has 0 saturated carbocycles. The minimum Gasteiger partial charge on any atom is -0.376 e. The fourth-order valence-corrected chi connectivity index (χ4v) is 2.82. The number of ether oxygens (including phenoxy) is 1. The van der Waals surface area contributed by atoms with Crippen LogP contribution in [-0.4, -0.2) is 31.1 Å². The zero-order valence-corrected chi connectivity index (χ0v) is 15.1. The van der Waals surface area contributed by atoms with Gasteiger partial charge in [0.15, 0.2) is 0 Å². The number of hydrogen-bond acceptors (Lipinski definition) is 3. The van der Waals surface area contributed by atoms with Crippen LogP contribution in [0.4, 0.5) is 5.69 Å². The largest absolute Gasteiger partial charge is 0.376 e. The van der Waals surface area contributed by atoms with Gasteiger partial charge in [0.2, 0.25) is 5.96 Å². The SMILES string of the molecule is CCc1ccc(NC(=NCC2CCCO2)NC(=O)c2ccccc2)cc1. The monoisotopic (exact) mass is 351 g/mol. The van der Waals surface area contributed by atoms with Gasteiger partial charge in [0.05, 0.1) is 12.6 Å². The van der Waals surface area contributed by atoms with Gasteiger partial charge in [-0.3, -0.25) is 10.1 Å². The summed E-state index contributed by atoms with van der Waals surface area (Å²) < 4.78 is 5.63. The van der Waals surface area contributed by atoms with Crippen LogP contribution in [0, 0.1) is 0 Å². The molecule has 1 aliphatic rings. The Kier molecular flexibility index (Phi) is 6.39. The third kappa shape index (κ3) is 5.17. The molecule has 1 atom stereocenters. The van der Waals surface area contributed by atoms with Crippen molar-refractivity contribution >= 4 is 17.6 Å². The van der Waals surface area contributed by atoms with Gasteiger partial charge in [-0.25, -0.2) is 4.99 Å². The number of nitrogens with one attached hydrogen (secondary N) is 2. The highest BCUT2D eigenvalue weighted by Gasteiger charge is 2.16. The van der Waals surface area contributed by atoms with Crippen LogP contribution in [0.1, 0.15) is 35.7 Å². The van der Waals surface area contributed by atoms with Crippen molar-refractivity contribution in [3.63, 3.8) is 0 Å². The molecular formula is C21H25N3O2. The summed E-state index contributed by atoms with van der Waals surface area (Å²) in [5.74, 6) is 0.257. The van der Waals surface area contributed by atoms with E-state index in [0.29, 0.717) is 18.1 Å². The Morgan fingerprint density at radius 2 is 1.92 bits per heavy atom. The molecular weight excluding hydrogens is 326 g/mol. The van der Waals surface area contributed by atoms with Crippen molar-refractivity contribution in [2.45, 2.75) is 32.3 Å². The molecule has 1 amide bonds. The summed E-state index contributed by atoms with van der Waals surface area (Å²) in [5.41, 5.74) is 2.75. The van der Waals surface area contributed by atoms with Crippen LogP contribution in [0.15, 0.2) is 59.6 Å². The van der Waals surface area contributed by atoms with E-state index in [1.54, 1.807) is 12.1 Å². The van der Waals surface area contributed by atoms with E-state index in [0.717, 1.165) is 31.6 Å². The molecule has 1 unspecified atom stereocenters. The first kappa shape index (κ1) is 18.1. The number of carbonyl (C=O) groups excluding carboxylic acids is 1. The lowest BCUT2D eigenvalue weighted by molar-refractivity contribution is 0.0975. The number of nitrogens with zero attached hydrogens (tertiary/aromatic N) is 1. The highest BCUT2D eigenvalue weighted by Crippen LogP contribution is 2.13. The van der Waals surface area contributed by atoms with Crippen molar-refractivity contribution in [1.82, 2.24) is 5.32 Å². The molecule has 2 N–H and O–H groups in total. The number of rotatable bonds is 5. The topological polar surface area (TPSA) is 62.7 Å². The van der Waals surface area contributed by atoms with Gasteiger partial charge in [-0.2, -0.15) is 0 Å². The Labute approximate surface area is 154 Å². The number of aryl methyl sites for hydroxylation is 1. The van der Waals surface area contributed by atoms with Gasteiger partial charge >= 0.3 is 0 Å². The van der Waals surface area contributed by atoms with Crippen molar-refractivity contribution in [1.29, 1.82) is 0 Å². The molecule has 5 heteroatoms. The maximum Gasteiger partial charge on any atom is 0.257 e. The quantitative estimate of drug-likeness (QED) is 0.639. The molecule has 5 nitrogen and oxygen atoms in total. The van der Waals surface area contributed by atoms with Crippen LogP contribution in [0.25, 0.3) is 0 Å². The zero-order valence-electron chi connectivity index (χ0n) is 15.1. The lowest BCUT2D eigenvalue weighted by Gasteiger charge is -2.13. The summed E-state index contributed by atoms with van der Waals surface area (Å²) in [6.45, 7) is 3.44. The first-order valence-corrected chi connectivity index (χ1v) is 9.13. The fraction of sp³-hybridized carbons (Fsp3) is 0.333. The van der Waals surface area contributed by atoms with E-state index in [1.807, 2.05) is 30.3 Å². The molecule has 0 aliphatic carbocycles. The normalized spacial score (nSPS) is 17.1. The van der Waals surface area contributed by atoms with Crippen molar-refractivity contribution in [3.05, 3.63) is 65.7 Å². The predicted molar refractivity (Wildman–Crippen MR) is 105 cm³/mol. The number of hydrogen-bond donors (Lipinski definition) is 2.